The van der Waals surface area contributed by atoms with Crippen molar-refractivity contribution in [2.75, 3.05) is 12.4 Å². The van der Waals surface area contributed by atoms with Crippen LogP contribution < -0.4 is 5.73 Å². The number of hydrogen-bond acceptors (Lipinski definition) is 3. The minimum absolute atomic E-state index is 0.0500. The van der Waals surface area contributed by atoms with Crippen LogP contribution in [0.4, 0.5) is 0 Å². The van der Waals surface area contributed by atoms with Gasteiger partial charge in [-0.25, -0.2) is 0 Å². The average molecular weight is 138 g/mol. The molecule has 8 heavy (non-hydrogen) atoms. The summed E-state index contributed by atoms with van der Waals surface area (Å²) in [5.41, 5.74) is 4.92. The molecule has 1 unspecified atom stereocenters. The van der Waals surface area contributed by atoms with Crippen LogP contribution in [0.1, 0.15) is 0 Å². The van der Waals surface area contributed by atoms with E-state index in [1.807, 2.05) is 0 Å². The highest BCUT2D eigenvalue weighted by Crippen LogP contribution is 1.84. The second kappa shape index (κ2) is 3.83. The fourth-order valence-corrected chi connectivity index (χ4v) is 0.399. The van der Waals surface area contributed by atoms with Gasteiger partial charge < -0.3 is 10.8 Å². The van der Waals surface area contributed by atoms with Crippen LogP contribution in [0.2, 0.25) is 0 Å². The van der Waals surface area contributed by atoms with Crippen LogP contribution in [0.5, 0.6) is 0 Å². The van der Waals surface area contributed by atoms with E-state index in [4.69, 9.17) is 22.4 Å². The number of carbonyl (C=O) groups excluding carboxylic acids is 1. The Morgan fingerprint density at radius 1 is 1.88 bits per heavy atom. The van der Waals surface area contributed by atoms with E-state index in [9.17, 15) is 4.79 Å². The van der Waals surface area contributed by atoms with Gasteiger partial charge in [0.2, 0.25) is 0 Å². The van der Waals surface area contributed by atoms with E-state index in [0.717, 1.165) is 0 Å². The predicted octanol–water partition coefficient (Wildman–Crippen LogP) is -0.886. The van der Waals surface area contributed by atoms with Gasteiger partial charge in [-0.3, -0.25) is 4.79 Å². The van der Waals surface area contributed by atoms with Crippen molar-refractivity contribution in [2.45, 2.75) is 6.10 Å². The van der Waals surface area contributed by atoms with Crippen molar-refractivity contribution in [3.63, 3.8) is 0 Å². The average Bonchev–Trinajstić information content (AvgIpc) is 1.84. The normalized spacial score (nSPS) is 13.4. The third-order valence-electron chi connectivity index (χ3n) is 0.727. The molecule has 0 amide bonds. The second-order valence-electron chi connectivity index (χ2n) is 1.35. The third-order valence-corrected chi connectivity index (χ3v) is 0.990. The summed E-state index contributed by atoms with van der Waals surface area (Å²) in [6.07, 6.45) is -1.08. The zero-order chi connectivity index (χ0) is 6.57. The number of halogens is 1. The number of carbonyl (C=O) groups is 1. The Hall–Kier alpha value is -0.120. The quantitative estimate of drug-likeness (QED) is 0.497. The van der Waals surface area contributed by atoms with E-state index in [0.29, 0.717) is 0 Å². The molecule has 0 bridgehead atoms. The smallest absolute Gasteiger partial charge is 0.177 e. The standard InChI is InChI=1S/C4H8ClNO2/c5-1-3(7)4(8)2-6/h4,8H,1-2,6H2. The molecule has 0 fully saturated rings. The van der Waals surface area contributed by atoms with Crippen LogP contribution in [-0.2, 0) is 4.79 Å². The molecule has 3 N–H and O–H groups in total. The van der Waals surface area contributed by atoms with E-state index in [2.05, 4.69) is 0 Å². The maximum Gasteiger partial charge on any atom is 0.177 e. The molecule has 3 nitrogen and oxygen atoms in total. The predicted molar refractivity (Wildman–Crippen MR) is 30.8 cm³/mol. The number of rotatable bonds is 3. The van der Waals surface area contributed by atoms with E-state index in [1.165, 1.54) is 0 Å². The molecule has 0 rings (SSSR count). The van der Waals surface area contributed by atoms with E-state index in [1.54, 1.807) is 0 Å². The lowest BCUT2D eigenvalue weighted by Gasteiger charge is -2.00. The van der Waals surface area contributed by atoms with Gasteiger partial charge in [-0.05, 0) is 0 Å². The first-order chi connectivity index (χ1) is 3.72. The number of alkyl halides is 1. The van der Waals surface area contributed by atoms with Crippen molar-refractivity contribution in [3.8, 4) is 0 Å². The van der Waals surface area contributed by atoms with Crippen molar-refractivity contribution in [1.82, 2.24) is 0 Å². The zero-order valence-electron chi connectivity index (χ0n) is 4.30. The molecule has 1 atom stereocenters. The summed E-state index contributed by atoms with van der Waals surface area (Å²) in [5.74, 6) is -0.590. The maximum atomic E-state index is 10.3. The highest BCUT2D eigenvalue weighted by atomic mass is 35.5. The Kier molecular flexibility index (Phi) is 3.77. The van der Waals surface area contributed by atoms with Gasteiger partial charge in [-0.1, -0.05) is 0 Å². The van der Waals surface area contributed by atoms with Gasteiger partial charge in [0, 0.05) is 6.54 Å². The van der Waals surface area contributed by atoms with Crippen LogP contribution in [0.3, 0.4) is 0 Å². The highest BCUT2D eigenvalue weighted by Gasteiger charge is 2.09. The summed E-state index contributed by atoms with van der Waals surface area (Å²) in [6.45, 7) is -0.0500. The first-order valence-electron chi connectivity index (χ1n) is 2.19. The van der Waals surface area contributed by atoms with E-state index in [-0.39, 0.29) is 12.4 Å². The van der Waals surface area contributed by atoms with Crippen LogP contribution in [0, 0.1) is 0 Å². The number of aliphatic hydroxyl groups is 1. The first-order valence-corrected chi connectivity index (χ1v) is 2.72. The Balaban J connectivity index is 3.46. The first kappa shape index (κ1) is 7.88. The molecule has 0 spiro atoms. The van der Waals surface area contributed by atoms with E-state index < -0.39 is 11.9 Å². The van der Waals surface area contributed by atoms with Crippen molar-refractivity contribution >= 4 is 17.4 Å². The topological polar surface area (TPSA) is 63.3 Å². The lowest BCUT2D eigenvalue weighted by atomic mass is 10.3. The van der Waals surface area contributed by atoms with Crippen LogP contribution in [0.25, 0.3) is 0 Å². The number of aliphatic hydroxyl groups excluding tert-OH is 1. The van der Waals surface area contributed by atoms with Crippen LogP contribution >= 0.6 is 11.6 Å². The van der Waals surface area contributed by atoms with Crippen molar-refractivity contribution in [3.05, 3.63) is 0 Å². The lowest BCUT2D eigenvalue weighted by molar-refractivity contribution is -0.124. The molecule has 0 heterocycles. The second-order valence-corrected chi connectivity index (χ2v) is 1.62. The van der Waals surface area contributed by atoms with Crippen LogP contribution in [-0.4, -0.2) is 29.4 Å². The third kappa shape index (κ3) is 2.26. The largest absolute Gasteiger partial charge is 0.384 e. The molecule has 0 saturated carbocycles. The molecule has 0 radical (unpaired) electrons. The Bertz CT molecular complexity index is 86.1. The van der Waals surface area contributed by atoms with Crippen molar-refractivity contribution < 1.29 is 9.90 Å². The van der Waals surface area contributed by atoms with Crippen molar-refractivity contribution in [2.24, 2.45) is 5.73 Å². The molecule has 0 aromatic carbocycles. The van der Waals surface area contributed by atoms with Gasteiger partial charge in [0.25, 0.3) is 0 Å². The number of ketones is 1. The summed E-state index contributed by atoms with van der Waals surface area (Å²) in [4.78, 5) is 10.3. The zero-order valence-corrected chi connectivity index (χ0v) is 5.06. The number of Topliss-reactive ketones (excluding diaryl/α,β-unsaturated/α-hetero) is 1. The summed E-state index contributed by atoms with van der Waals surface area (Å²) in [5, 5.41) is 8.57. The van der Waals surface area contributed by atoms with Gasteiger partial charge in [-0.2, -0.15) is 0 Å². The van der Waals surface area contributed by atoms with Gasteiger partial charge in [-0.15, -0.1) is 11.6 Å². The fourth-order valence-electron chi connectivity index (χ4n) is 0.221. The number of nitrogens with two attached hydrogens (primary N) is 1. The van der Waals surface area contributed by atoms with Gasteiger partial charge in [0.15, 0.2) is 5.78 Å². The number of hydrogen-bond donors (Lipinski definition) is 2. The lowest BCUT2D eigenvalue weighted by Crippen LogP contribution is -2.29. The Morgan fingerprint density at radius 3 is 2.50 bits per heavy atom. The minimum Gasteiger partial charge on any atom is -0.384 e. The molecule has 0 aromatic heterocycles. The molecule has 0 aliphatic heterocycles. The maximum absolute atomic E-state index is 10.3. The van der Waals surface area contributed by atoms with Gasteiger partial charge in [0.05, 0.1) is 5.88 Å². The SMILES string of the molecule is NCC(O)C(=O)CCl. The molecule has 0 aliphatic rings. The van der Waals surface area contributed by atoms with Crippen LogP contribution in [0.15, 0.2) is 0 Å². The van der Waals surface area contributed by atoms with Gasteiger partial charge >= 0.3 is 0 Å². The molecular formula is C4H8ClNO2. The van der Waals surface area contributed by atoms with Gasteiger partial charge in [0.1, 0.15) is 6.10 Å². The fraction of sp³-hybridized carbons (Fsp3) is 0.750. The summed E-state index contributed by atoms with van der Waals surface area (Å²) in [7, 11) is 0. The molecule has 0 saturated heterocycles. The molecule has 0 aromatic rings. The Labute approximate surface area is 52.4 Å². The molecule has 0 aliphatic carbocycles. The highest BCUT2D eigenvalue weighted by molar-refractivity contribution is 6.28. The monoisotopic (exact) mass is 137 g/mol. The molecular weight excluding hydrogens is 130 g/mol. The minimum atomic E-state index is -1.08. The summed E-state index contributed by atoms with van der Waals surface area (Å²) >= 11 is 5.06. The summed E-state index contributed by atoms with van der Waals surface area (Å²) < 4.78 is 0. The summed E-state index contributed by atoms with van der Waals surface area (Å²) in [6, 6.07) is 0. The molecule has 4 heteroatoms. The Morgan fingerprint density at radius 2 is 2.38 bits per heavy atom. The molecule has 48 valence electrons. The van der Waals surface area contributed by atoms with Crippen molar-refractivity contribution in [1.29, 1.82) is 0 Å². The van der Waals surface area contributed by atoms with E-state index >= 15 is 0 Å².